The molecule has 2 atom stereocenters. The molecule has 1 aromatic carbocycles. The molecular weight excluding hydrogens is 254 g/mol. The third-order valence-corrected chi connectivity index (χ3v) is 4.78. The van der Waals surface area contributed by atoms with E-state index in [0.29, 0.717) is 26.1 Å². The Labute approximate surface area is 120 Å². The zero-order valence-corrected chi connectivity index (χ0v) is 12.4. The summed E-state index contributed by atoms with van der Waals surface area (Å²) in [5, 5.41) is 11.2. The SMILES string of the molecule is COc1cc(C)ccc1C1(O)CC2COCC(C1)N2C. The van der Waals surface area contributed by atoms with Crippen LogP contribution in [0.3, 0.4) is 0 Å². The quantitative estimate of drug-likeness (QED) is 0.893. The molecule has 0 aliphatic carbocycles. The molecule has 20 heavy (non-hydrogen) atoms. The number of nitrogens with zero attached hydrogens (tertiary/aromatic N) is 1. The Hall–Kier alpha value is -1.10. The van der Waals surface area contributed by atoms with Crippen molar-refractivity contribution in [3.8, 4) is 5.75 Å². The van der Waals surface area contributed by atoms with E-state index in [-0.39, 0.29) is 12.1 Å². The molecule has 1 N–H and O–H groups in total. The molecule has 4 nitrogen and oxygen atoms in total. The van der Waals surface area contributed by atoms with E-state index in [1.165, 1.54) is 0 Å². The van der Waals surface area contributed by atoms with Crippen LogP contribution >= 0.6 is 0 Å². The Bertz CT molecular complexity index is 488. The smallest absolute Gasteiger partial charge is 0.125 e. The van der Waals surface area contributed by atoms with Crippen LogP contribution in [0.2, 0.25) is 0 Å². The fraction of sp³-hybridized carbons (Fsp3) is 0.625. The Kier molecular flexibility index (Phi) is 3.48. The highest BCUT2D eigenvalue weighted by atomic mass is 16.5. The lowest BCUT2D eigenvalue weighted by atomic mass is 9.76. The van der Waals surface area contributed by atoms with Crippen LogP contribution < -0.4 is 4.74 Å². The molecule has 2 bridgehead atoms. The first-order chi connectivity index (χ1) is 9.53. The van der Waals surface area contributed by atoms with Crippen molar-refractivity contribution < 1.29 is 14.6 Å². The van der Waals surface area contributed by atoms with Crippen molar-refractivity contribution in [1.82, 2.24) is 4.90 Å². The van der Waals surface area contributed by atoms with Gasteiger partial charge in [-0.1, -0.05) is 12.1 Å². The van der Waals surface area contributed by atoms with Gasteiger partial charge in [-0.15, -0.1) is 0 Å². The number of morpholine rings is 1. The van der Waals surface area contributed by atoms with E-state index in [1.54, 1.807) is 7.11 Å². The molecule has 2 aliphatic heterocycles. The lowest BCUT2D eigenvalue weighted by Gasteiger charge is -2.50. The largest absolute Gasteiger partial charge is 0.496 e. The van der Waals surface area contributed by atoms with Crippen molar-refractivity contribution in [2.75, 3.05) is 27.4 Å². The van der Waals surface area contributed by atoms with Crippen molar-refractivity contribution in [3.05, 3.63) is 29.3 Å². The van der Waals surface area contributed by atoms with Crippen LogP contribution in [0.1, 0.15) is 24.0 Å². The third kappa shape index (κ3) is 2.22. The van der Waals surface area contributed by atoms with Crippen LogP contribution in [-0.4, -0.2) is 49.5 Å². The van der Waals surface area contributed by atoms with Crippen molar-refractivity contribution in [2.45, 2.75) is 37.5 Å². The van der Waals surface area contributed by atoms with Gasteiger partial charge in [0.15, 0.2) is 0 Å². The summed E-state index contributed by atoms with van der Waals surface area (Å²) >= 11 is 0. The number of methoxy groups -OCH3 is 1. The van der Waals surface area contributed by atoms with Crippen molar-refractivity contribution in [1.29, 1.82) is 0 Å². The minimum atomic E-state index is -0.815. The number of aryl methyl sites for hydroxylation is 1. The lowest BCUT2D eigenvalue weighted by Crippen LogP contribution is -2.59. The second-order valence-electron chi connectivity index (χ2n) is 6.15. The van der Waals surface area contributed by atoms with Gasteiger partial charge in [-0.25, -0.2) is 0 Å². The molecule has 110 valence electrons. The van der Waals surface area contributed by atoms with Gasteiger partial charge in [-0.2, -0.15) is 0 Å². The van der Waals surface area contributed by atoms with Crippen LogP contribution in [0.5, 0.6) is 5.75 Å². The van der Waals surface area contributed by atoms with Gasteiger partial charge in [-0.3, -0.25) is 4.90 Å². The highest BCUT2D eigenvalue weighted by molar-refractivity contribution is 5.41. The molecule has 0 saturated carbocycles. The Balaban J connectivity index is 1.97. The van der Waals surface area contributed by atoms with Crippen molar-refractivity contribution in [2.24, 2.45) is 0 Å². The normalized spacial score (nSPS) is 34.0. The highest BCUT2D eigenvalue weighted by Crippen LogP contribution is 2.43. The molecule has 2 unspecified atom stereocenters. The van der Waals surface area contributed by atoms with Gasteiger partial charge in [-0.05, 0) is 38.4 Å². The standard InChI is InChI=1S/C16H23NO3/c1-11-4-5-14(15(6-11)19-3)16(18)7-12-9-20-10-13(8-16)17(12)2/h4-6,12-13,18H,7-10H2,1-3H3. The maximum Gasteiger partial charge on any atom is 0.125 e. The predicted molar refractivity (Wildman–Crippen MR) is 77.0 cm³/mol. The summed E-state index contributed by atoms with van der Waals surface area (Å²) in [5.74, 6) is 0.788. The minimum Gasteiger partial charge on any atom is -0.496 e. The van der Waals surface area contributed by atoms with Gasteiger partial charge in [0.05, 0.1) is 25.9 Å². The molecule has 0 spiro atoms. The molecule has 2 fully saturated rings. The fourth-order valence-corrected chi connectivity index (χ4v) is 3.54. The molecule has 3 rings (SSSR count). The maximum atomic E-state index is 11.2. The van der Waals surface area contributed by atoms with Gasteiger partial charge in [0.25, 0.3) is 0 Å². The first-order valence-electron chi connectivity index (χ1n) is 7.21. The Morgan fingerprint density at radius 3 is 2.55 bits per heavy atom. The van der Waals surface area contributed by atoms with Crippen molar-refractivity contribution >= 4 is 0 Å². The van der Waals surface area contributed by atoms with Crippen LogP contribution in [0.4, 0.5) is 0 Å². The minimum absolute atomic E-state index is 0.276. The first kappa shape index (κ1) is 13.9. The summed E-state index contributed by atoms with van der Waals surface area (Å²) < 4.78 is 11.1. The number of hydrogen-bond donors (Lipinski definition) is 1. The molecule has 0 amide bonds. The van der Waals surface area contributed by atoms with Gasteiger partial charge >= 0.3 is 0 Å². The summed E-state index contributed by atoms with van der Waals surface area (Å²) in [7, 11) is 3.80. The van der Waals surface area contributed by atoms with Gasteiger partial charge in [0, 0.05) is 17.6 Å². The molecule has 2 saturated heterocycles. The summed E-state index contributed by atoms with van der Waals surface area (Å²) in [5.41, 5.74) is 1.24. The number of likely N-dealkylation sites (N-methyl/N-ethyl adjacent to an activating group) is 1. The van der Waals surface area contributed by atoms with Crippen LogP contribution in [0.25, 0.3) is 0 Å². The molecular formula is C16H23NO3. The van der Waals surface area contributed by atoms with E-state index in [1.807, 2.05) is 25.1 Å². The van der Waals surface area contributed by atoms with Gasteiger partial charge < -0.3 is 14.6 Å². The summed E-state index contributed by atoms with van der Waals surface area (Å²) in [6.07, 6.45) is 1.39. The monoisotopic (exact) mass is 277 g/mol. The van der Waals surface area contributed by atoms with Crippen molar-refractivity contribution in [3.63, 3.8) is 0 Å². The maximum absolute atomic E-state index is 11.2. The van der Waals surface area contributed by atoms with Crippen LogP contribution in [-0.2, 0) is 10.3 Å². The topological polar surface area (TPSA) is 41.9 Å². The number of piperidine rings is 1. The second kappa shape index (κ2) is 5.02. The Morgan fingerprint density at radius 1 is 1.30 bits per heavy atom. The molecule has 0 aromatic heterocycles. The van der Waals surface area contributed by atoms with E-state index < -0.39 is 5.60 Å². The number of rotatable bonds is 2. The molecule has 2 heterocycles. The van der Waals surface area contributed by atoms with E-state index >= 15 is 0 Å². The number of aliphatic hydroxyl groups is 1. The predicted octanol–water partition coefficient (Wildman–Crippen LogP) is 1.68. The number of hydrogen-bond acceptors (Lipinski definition) is 4. The summed E-state index contributed by atoms with van der Waals surface area (Å²) in [6, 6.07) is 6.60. The molecule has 2 aliphatic rings. The van der Waals surface area contributed by atoms with Crippen LogP contribution in [0.15, 0.2) is 18.2 Å². The van der Waals surface area contributed by atoms with E-state index in [2.05, 4.69) is 11.9 Å². The zero-order chi connectivity index (χ0) is 14.3. The number of fused-ring (bicyclic) bond motifs is 2. The molecule has 1 aromatic rings. The molecule has 0 radical (unpaired) electrons. The first-order valence-corrected chi connectivity index (χ1v) is 7.21. The van der Waals surface area contributed by atoms with Crippen LogP contribution in [0, 0.1) is 6.92 Å². The summed E-state index contributed by atoms with van der Waals surface area (Å²) in [4.78, 5) is 2.35. The lowest BCUT2D eigenvalue weighted by molar-refractivity contribution is -0.138. The number of benzene rings is 1. The zero-order valence-electron chi connectivity index (χ0n) is 12.4. The van der Waals surface area contributed by atoms with E-state index in [4.69, 9.17) is 9.47 Å². The number of ether oxygens (including phenoxy) is 2. The van der Waals surface area contributed by atoms with Gasteiger partial charge in [0.1, 0.15) is 5.75 Å². The second-order valence-corrected chi connectivity index (χ2v) is 6.15. The average Bonchev–Trinajstić information content (AvgIpc) is 2.40. The molecule has 4 heteroatoms. The highest BCUT2D eigenvalue weighted by Gasteiger charge is 2.46. The van der Waals surface area contributed by atoms with E-state index in [9.17, 15) is 5.11 Å². The summed E-state index contributed by atoms with van der Waals surface area (Å²) in [6.45, 7) is 3.43. The Morgan fingerprint density at radius 2 is 1.95 bits per heavy atom. The average molecular weight is 277 g/mol. The fourth-order valence-electron chi connectivity index (χ4n) is 3.54. The van der Waals surface area contributed by atoms with Gasteiger partial charge in [0.2, 0.25) is 0 Å². The van der Waals surface area contributed by atoms with E-state index in [0.717, 1.165) is 16.9 Å². The third-order valence-electron chi connectivity index (χ3n) is 4.78.